The Labute approximate surface area is 194 Å². The van der Waals surface area contributed by atoms with E-state index in [1.54, 1.807) is 12.1 Å². The van der Waals surface area contributed by atoms with Crippen LogP contribution in [0.5, 0.6) is 0 Å². The zero-order chi connectivity index (χ0) is 24.3. The third-order valence-electron chi connectivity index (χ3n) is 5.80. The van der Waals surface area contributed by atoms with E-state index in [4.69, 9.17) is 4.42 Å². The second-order valence-corrected chi connectivity index (χ2v) is 8.26. The van der Waals surface area contributed by atoms with E-state index in [9.17, 15) is 22.8 Å². The Balaban J connectivity index is 1.24. The molecule has 1 fully saturated rings. The number of carbonyl (C=O) groups excluding carboxylic acids is 1. The number of halogens is 3. The molecule has 0 aromatic heterocycles. The van der Waals surface area contributed by atoms with Crippen molar-refractivity contribution in [3.63, 3.8) is 0 Å². The summed E-state index contributed by atoms with van der Waals surface area (Å²) in [7, 11) is 0. The molecule has 10 heteroatoms. The van der Waals surface area contributed by atoms with Crippen LogP contribution in [0, 0.1) is 6.92 Å². The molecule has 0 bridgehead atoms. The summed E-state index contributed by atoms with van der Waals surface area (Å²) in [6.07, 6.45) is -3.99. The van der Waals surface area contributed by atoms with E-state index in [1.807, 2.05) is 16.7 Å². The molecule has 1 aliphatic carbocycles. The van der Waals surface area contributed by atoms with Crippen LogP contribution in [-0.2, 0) is 17.4 Å². The zero-order valence-electron chi connectivity index (χ0n) is 18.7. The molecule has 1 N–H and O–H groups in total. The fourth-order valence-electron chi connectivity index (χ4n) is 4.00. The van der Waals surface area contributed by atoms with Crippen molar-refractivity contribution in [1.29, 1.82) is 0 Å². The number of benzene rings is 2. The molecule has 1 saturated heterocycles. The van der Waals surface area contributed by atoms with Crippen molar-refractivity contribution in [3.05, 3.63) is 69.8 Å². The summed E-state index contributed by atoms with van der Waals surface area (Å²) in [5.41, 5.74) is 1.25. The van der Waals surface area contributed by atoms with Crippen LogP contribution in [0.1, 0.15) is 17.1 Å². The molecule has 0 radical (unpaired) electrons. The molecule has 1 amide bonds. The summed E-state index contributed by atoms with van der Waals surface area (Å²) >= 11 is 0. The summed E-state index contributed by atoms with van der Waals surface area (Å²) in [6.45, 7) is 4.59. The number of fused-ring (bicyclic) bond motifs is 1. The number of amides is 1. The average Bonchev–Trinajstić information content (AvgIpc) is 2.79. The molecule has 1 aromatic rings. The largest absolute Gasteiger partial charge is 0.442 e. The maximum Gasteiger partial charge on any atom is 0.416 e. The molecule has 0 spiro atoms. The van der Waals surface area contributed by atoms with Gasteiger partial charge in [-0.1, -0.05) is 6.07 Å². The van der Waals surface area contributed by atoms with Gasteiger partial charge in [0.05, 0.1) is 17.8 Å². The number of piperazine rings is 1. The monoisotopic (exact) mass is 474 g/mol. The second kappa shape index (κ2) is 9.84. The van der Waals surface area contributed by atoms with E-state index in [2.05, 4.69) is 10.3 Å². The second-order valence-electron chi connectivity index (χ2n) is 8.26. The number of hydrogen-bond acceptors (Lipinski definition) is 6. The van der Waals surface area contributed by atoms with E-state index in [0.29, 0.717) is 56.5 Å². The summed E-state index contributed by atoms with van der Waals surface area (Å²) in [6, 6.07) is 9.87. The normalized spacial score (nSPS) is 15.0. The molecule has 4 rings (SSSR count). The van der Waals surface area contributed by atoms with Crippen LogP contribution in [0.4, 0.5) is 18.9 Å². The molecule has 0 saturated carbocycles. The molecular formula is C24H25F3N4O3. The third-order valence-corrected chi connectivity index (χ3v) is 5.80. The number of aromatic nitrogens is 1. The number of hydrogen-bond donors (Lipinski definition) is 1. The maximum absolute atomic E-state index is 13.0. The van der Waals surface area contributed by atoms with Gasteiger partial charge in [0.1, 0.15) is 5.76 Å². The molecule has 2 aliphatic heterocycles. The van der Waals surface area contributed by atoms with Gasteiger partial charge in [-0.3, -0.25) is 14.5 Å². The predicted molar refractivity (Wildman–Crippen MR) is 121 cm³/mol. The first-order valence-electron chi connectivity index (χ1n) is 11.0. The third kappa shape index (κ3) is 5.74. The van der Waals surface area contributed by atoms with E-state index < -0.39 is 11.7 Å². The van der Waals surface area contributed by atoms with Crippen molar-refractivity contribution >= 4 is 11.6 Å². The van der Waals surface area contributed by atoms with Crippen LogP contribution >= 0.6 is 0 Å². The first kappa shape index (κ1) is 23.7. The van der Waals surface area contributed by atoms with Gasteiger partial charge in [-0.15, -0.1) is 0 Å². The highest BCUT2D eigenvalue weighted by Crippen LogP contribution is 2.32. The average molecular weight is 474 g/mol. The molecule has 7 nitrogen and oxygen atoms in total. The molecule has 2 heterocycles. The Bertz CT molecular complexity index is 1190. The Morgan fingerprint density at radius 3 is 2.62 bits per heavy atom. The maximum atomic E-state index is 13.0. The minimum atomic E-state index is -4.37. The van der Waals surface area contributed by atoms with Crippen molar-refractivity contribution in [1.82, 2.24) is 15.2 Å². The van der Waals surface area contributed by atoms with Crippen molar-refractivity contribution in [3.8, 4) is 11.3 Å². The smallest absolute Gasteiger partial charge is 0.416 e. The highest BCUT2D eigenvalue weighted by Gasteiger charge is 2.31. The quantitative estimate of drug-likeness (QED) is 0.592. The fourth-order valence-corrected chi connectivity index (χ4v) is 4.00. The predicted octanol–water partition coefficient (Wildman–Crippen LogP) is 2.95. The lowest BCUT2D eigenvalue weighted by molar-refractivity contribution is -0.137. The fraction of sp³-hybridized carbons (Fsp3) is 0.375. The summed E-state index contributed by atoms with van der Waals surface area (Å²) in [4.78, 5) is 32.2. The van der Waals surface area contributed by atoms with Crippen LogP contribution in [0.2, 0.25) is 0 Å². The molecule has 1 aromatic carbocycles. The Kier molecular flexibility index (Phi) is 6.87. The Hall–Kier alpha value is -3.40. The molecule has 180 valence electrons. The molecule has 3 aliphatic rings. The zero-order valence-corrected chi connectivity index (χ0v) is 18.7. The number of nitrogens with one attached hydrogen (secondary N) is 1. The number of nitrogens with zero attached hydrogens (tertiary/aromatic N) is 3. The lowest BCUT2D eigenvalue weighted by Crippen LogP contribution is -2.49. The standard InChI is InChI=1S/C24H25F3N4O3/c1-16-20-6-5-19(32)14-21(20)34-23(29-16)7-8-28-22(33)15-30-9-11-31(12-10-30)18-4-2-3-17(13-18)24(25,26)27/h2-6,13-14H,7-12,15H2,1H3,(H,28,33). The first-order valence-corrected chi connectivity index (χ1v) is 11.0. The Morgan fingerprint density at radius 2 is 1.88 bits per heavy atom. The highest BCUT2D eigenvalue weighted by atomic mass is 19.4. The summed E-state index contributed by atoms with van der Waals surface area (Å²) in [5.74, 6) is 0.762. The Morgan fingerprint density at radius 1 is 1.12 bits per heavy atom. The van der Waals surface area contributed by atoms with E-state index in [0.717, 1.165) is 23.4 Å². The molecular weight excluding hydrogens is 449 g/mol. The van der Waals surface area contributed by atoms with Crippen LogP contribution in [0.25, 0.3) is 11.3 Å². The van der Waals surface area contributed by atoms with Gasteiger partial charge < -0.3 is 14.6 Å². The topological polar surface area (TPSA) is 78.7 Å². The van der Waals surface area contributed by atoms with Crippen LogP contribution in [0.3, 0.4) is 0 Å². The first-order chi connectivity index (χ1) is 16.2. The van der Waals surface area contributed by atoms with Crippen molar-refractivity contribution in [2.24, 2.45) is 0 Å². The van der Waals surface area contributed by atoms with Crippen molar-refractivity contribution < 1.29 is 22.4 Å². The van der Waals surface area contributed by atoms with Gasteiger partial charge in [0, 0.05) is 56.5 Å². The van der Waals surface area contributed by atoms with Crippen LogP contribution in [0.15, 0.2) is 51.7 Å². The van der Waals surface area contributed by atoms with Gasteiger partial charge in [-0.25, -0.2) is 4.98 Å². The molecule has 34 heavy (non-hydrogen) atoms. The molecule has 0 unspecified atom stereocenters. The van der Waals surface area contributed by atoms with Gasteiger partial charge in [-0.2, -0.15) is 13.2 Å². The van der Waals surface area contributed by atoms with Gasteiger partial charge in [0.2, 0.25) is 5.91 Å². The van der Waals surface area contributed by atoms with Crippen molar-refractivity contribution in [2.45, 2.75) is 19.5 Å². The summed E-state index contributed by atoms with van der Waals surface area (Å²) < 4.78 is 44.6. The van der Waals surface area contributed by atoms with Gasteiger partial charge >= 0.3 is 6.18 Å². The van der Waals surface area contributed by atoms with Gasteiger partial charge in [0.25, 0.3) is 0 Å². The number of rotatable bonds is 6. The minimum absolute atomic E-state index is 0.144. The number of alkyl halides is 3. The molecule has 0 atom stereocenters. The number of aryl methyl sites for hydroxylation is 1. The summed E-state index contributed by atoms with van der Waals surface area (Å²) in [5, 5.41) is 2.84. The van der Waals surface area contributed by atoms with E-state index in [-0.39, 0.29) is 17.9 Å². The number of carbonyl (C=O) groups is 1. The van der Waals surface area contributed by atoms with E-state index in [1.165, 1.54) is 18.2 Å². The van der Waals surface area contributed by atoms with Crippen LogP contribution < -0.4 is 15.6 Å². The van der Waals surface area contributed by atoms with E-state index >= 15 is 0 Å². The minimum Gasteiger partial charge on any atom is -0.442 e. The van der Waals surface area contributed by atoms with Crippen molar-refractivity contribution in [2.75, 3.05) is 44.2 Å². The van der Waals surface area contributed by atoms with Gasteiger partial charge in [0.15, 0.2) is 11.3 Å². The highest BCUT2D eigenvalue weighted by molar-refractivity contribution is 5.78. The SMILES string of the molecule is Cc1nc(CCNC(=O)CN2CCN(c3cccc(C(F)(F)F)c3)CC2)oc2cc(=O)ccc1-2. The lowest BCUT2D eigenvalue weighted by Gasteiger charge is -2.36. The van der Waals surface area contributed by atoms with Gasteiger partial charge in [-0.05, 0) is 37.3 Å². The van der Waals surface area contributed by atoms with Crippen LogP contribution in [-0.4, -0.2) is 55.1 Å². The number of anilines is 1. The lowest BCUT2D eigenvalue weighted by atomic mass is 10.1.